The van der Waals surface area contributed by atoms with E-state index in [-0.39, 0.29) is 0 Å². The van der Waals surface area contributed by atoms with E-state index >= 15 is 0 Å². The first-order valence-electron chi connectivity index (χ1n) is 11.3. The van der Waals surface area contributed by atoms with E-state index in [1.807, 2.05) is 6.34 Å². The Kier molecular flexibility index (Phi) is 6.22. The molecule has 1 heterocycles. The number of aryl methyl sites for hydroxylation is 2. The van der Waals surface area contributed by atoms with Crippen molar-refractivity contribution in [3.8, 4) is 11.5 Å². The monoisotopic (exact) mass is 390 g/mol. The second-order valence-corrected chi connectivity index (χ2v) is 8.88. The molecular formula is C26H34N2O. The Labute approximate surface area is 175 Å². The fourth-order valence-electron chi connectivity index (χ4n) is 4.65. The van der Waals surface area contributed by atoms with Gasteiger partial charge in [-0.15, -0.1) is 0 Å². The normalized spacial score (nSPS) is 20.5. The van der Waals surface area contributed by atoms with Crippen LogP contribution in [0.1, 0.15) is 74.5 Å². The van der Waals surface area contributed by atoms with Crippen molar-refractivity contribution in [2.75, 3.05) is 6.54 Å². The highest BCUT2D eigenvalue weighted by Gasteiger charge is 2.17. The minimum atomic E-state index is 0.587. The largest absolute Gasteiger partial charge is 0.457 e. The lowest BCUT2D eigenvalue weighted by Crippen LogP contribution is -2.36. The number of likely N-dealkylation sites (tertiary alicyclic amines) is 1. The van der Waals surface area contributed by atoms with E-state index in [9.17, 15) is 0 Å². The summed E-state index contributed by atoms with van der Waals surface area (Å²) in [7, 11) is 0. The van der Waals surface area contributed by atoms with E-state index < -0.39 is 0 Å². The Morgan fingerprint density at radius 2 is 1.66 bits per heavy atom. The summed E-state index contributed by atoms with van der Waals surface area (Å²) >= 11 is 0. The molecular weight excluding hydrogens is 356 g/mol. The van der Waals surface area contributed by atoms with Crippen LogP contribution in [0.5, 0.6) is 11.5 Å². The minimum Gasteiger partial charge on any atom is -0.457 e. The number of benzene rings is 2. The predicted octanol–water partition coefficient (Wildman–Crippen LogP) is 7.29. The summed E-state index contributed by atoms with van der Waals surface area (Å²) < 4.78 is 6.21. The molecule has 2 aliphatic rings. The van der Waals surface area contributed by atoms with Crippen LogP contribution in [0.3, 0.4) is 0 Å². The molecule has 1 saturated heterocycles. The molecule has 1 atom stereocenters. The first kappa shape index (κ1) is 20.0. The van der Waals surface area contributed by atoms with Crippen molar-refractivity contribution < 1.29 is 4.74 Å². The van der Waals surface area contributed by atoms with Crippen molar-refractivity contribution in [3.63, 3.8) is 0 Å². The van der Waals surface area contributed by atoms with Crippen LogP contribution in [0.4, 0.5) is 5.69 Å². The SMILES string of the molecule is Cc1cc(Oc2ccc(C3CCCC3)cc2)c(C)cc1N=CN1CCCCC1C. The van der Waals surface area contributed by atoms with E-state index in [2.05, 4.69) is 62.1 Å². The molecule has 2 aromatic rings. The standard InChI is InChI=1S/C26H34N2O/c1-19-17-26(29-24-13-11-23(12-14-24)22-9-4-5-10-22)20(2)16-25(19)27-18-28-15-7-6-8-21(28)3/h11-14,16-18,21-22H,4-10,15H2,1-3H3. The Morgan fingerprint density at radius 3 is 2.38 bits per heavy atom. The molecule has 29 heavy (non-hydrogen) atoms. The summed E-state index contributed by atoms with van der Waals surface area (Å²) in [6, 6.07) is 13.6. The average Bonchev–Trinajstić information content (AvgIpc) is 3.26. The smallest absolute Gasteiger partial charge is 0.130 e. The van der Waals surface area contributed by atoms with Crippen LogP contribution in [0.15, 0.2) is 41.4 Å². The number of hydrogen-bond donors (Lipinski definition) is 0. The van der Waals surface area contributed by atoms with Gasteiger partial charge in [0.2, 0.25) is 0 Å². The topological polar surface area (TPSA) is 24.8 Å². The second kappa shape index (κ2) is 9.02. The zero-order valence-corrected chi connectivity index (χ0v) is 18.2. The third-order valence-electron chi connectivity index (χ3n) is 6.63. The van der Waals surface area contributed by atoms with Crippen LogP contribution in [-0.4, -0.2) is 23.8 Å². The maximum absolute atomic E-state index is 6.21. The van der Waals surface area contributed by atoms with Crippen LogP contribution in [0, 0.1) is 13.8 Å². The number of piperidine rings is 1. The van der Waals surface area contributed by atoms with Crippen molar-refractivity contribution in [2.24, 2.45) is 4.99 Å². The summed E-state index contributed by atoms with van der Waals surface area (Å²) in [5, 5.41) is 0. The third-order valence-corrected chi connectivity index (χ3v) is 6.63. The molecule has 1 saturated carbocycles. The zero-order valence-electron chi connectivity index (χ0n) is 18.2. The van der Waals surface area contributed by atoms with Gasteiger partial charge in [0.05, 0.1) is 12.0 Å². The van der Waals surface area contributed by atoms with Gasteiger partial charge in [-0.25, -0.2) is 4.99 Å². The van der Waals surface area contributed by atoms with Crippen molar-refractivity contribution in [2.45, 2.75) is 77.7 Å². The van der Waals surface area contributed by atoms with E-state index in [0.29, 0.717) is 6.04 Å². The molecule has 0 aromatic heterocycles. The maximum atomic E-state index is 6.21. The number of rotatable bonds is 5. The second-order valence-electron chi connectivity index (χ2n) is 8.88. The number of hydrogen-bond acceptors (Lipinski definition) is 2. The molecule has 0 N–H and O–H groups in total. The first-order chi connectivity index (χ1) is 14.1. The van der Waals surface area contributed by atoms with Crippen LogP contribution in [-0.2, 0) is 0 Å². The number of nitrogens with zero attached hydrogens (tertiary/aromatic N) is 2. The summed E-state index contributed by atoms with van der Waals surface area (Å²) in [5.41, 5.74) is 4.76. The first-order valence-corrected chi connectivity index (χ1v) is 11.3. The van der Waals surface area contributed by atoms with Gasteiger partial charge < -0.3 is 9.64 Å². The Bertz CT molecular complexity index is 850. The quantitative estimate of drug-likeness (QED) is 0.395. The fourth-order valence-corrected chi connectivity index (χ4v) is 4.65. The van der Waals surface area contributed by atoms with Crippen LogP contribution >= 0.6 is 0 Å². The lowest BCUT2D eigenvalue weighted by atomic mass is 9.98. The van der Waals surface area contributed by atoms with Crippen molar-refractivity contribution >= 4 is 12.0 Å². The van der Waals surface area contributed by atoms with Crippen molar-refractivity contribution in [3.05, 3.63) is 53.1 Å². The van der Waals surface area contributed by atoms with Gasteiger partial charge in [0.1, 0.15) is 11.5 Å². The molecule has 3 nitrogen and oxygen atoms in total. The van der Waals surface area contributed by atoms with Gasteiger partial charge in [0.15, 0.2) is 0 Å². The molecule has 1 unspecified atom stereocenters. The van der Waals surface area contributed by atoms with Gasteiger partial charge in [0, 0.05) is 12.6 Å². The predicted molar refractivity (Wildman–Crippen MR) is 122 cm³/mol. The van der Waals surface area contributed by atoms with Crippen molar-refractivity contribution in [1.82, 2.24) is 4.90 Å². The van der Waals surface area contributed by atoms with Crippen molar-refractivity contribution in [1.29, 1.82) is 0 Å². The molecule has 0 bridgehead atoms. The fraction of sp³-hybridized carbons (Fsp3) is 0.500. The summed E-state index contributed by atoms with van der Waals surface area (Å²) in [6.45, 7) is 7.62. The van der Waals surface area contributed by atoms with E-state index in [1.54, 1.807) is 0 Å². The molecule has 1 aliphatic carbocycles. The number of aliphatic imine (C=N–C) groups is 1. The molecule has 154 valence electrons. The molecule has 0 amide bonds. The average molecular weight is 391 g/mol. The maximum Gasteiger partial charge on any atom is 0.130 e. The molecule has 4 rings (SSSR count). The Hall–Kier alpha value is -2.29. The highest BCUT2D eigenvalue weighted by atomic mass is 16.5. The highest BCUT2D eigenvalue weighted by molar-refractivity contribution is 5.65. The summed E-state index contributed by atoms with van der Waals surface area (Å²) in [6.07, 6.45) is 11.3. The van der Waals surface area contributed by atoms with Gasteiger partial charge in [-0.1, -0.05) is 25.0 Å². The van der Waals surface area contributed by atoms with Gasteiger partial charge >= 0.3 is 0 Å². The summed E-state index contributed by atoms with van der Waals surface area (Å²) in [4.78, 5) is 7.16. The van der Waals surface area contributed by atoms with Gasteiger partial charge in [-0.2, -0.15) is 0 Å². The lowest BCUT2D eigenvalue weighted by molar-refractivity contribution is 0.266. The summed E-state index contributed by atoms with van der Waals surface area (Å²) in [5.74, 6) is 2.57. The van der Waals surface area contributed by atoms with E-state index in [0.717, 1.165) is 40.8 Å². The van der Waals surface area contributed by atoms with E-state index in [4.69, 9.17) is 9.73 Å². The molecule has 0 radical (unpaired) electrons. The Morgan fingerprint density at radius 1 is 0.931 bits per heavy atom. The van der Waals surface area contributed by atoms with Gasteiger partial charge in [0.25, 0.3) is 0 Å². The number of ether oxygens (including phenoxy) is 1. The molecule has 2 aromatic carbocycles. The zero-order chi connectivity index (χ0) is 20.2. The minimum absolute atomic E-state index is 0.587. The van der Waals surface area contributed by atoms with Gasteiger partial charge in [-0.05, 0) is 99.7 Å². The Balaban J connectivity index is 1.45. The lowest BCUT2D eigenvalue weighted by Gasteiger charge is -2.31. The van der Waals surface area contributed by atoms with Crippen LogP contribution < -0.4 is 4.74 Å². The third kappa shape index (κ3) is 4.83. The van der Waals surface area contributed by atoms with Gasteiger partial charge in [-0.3, -0.25) is 0 Å². The molecule has 1 aliphatic heterocycles. The molecule has 2 fully saturated rings. The van der Waals surface area contributed by atoms with Crippen LogP contribution in [0.2, 0.25) is 0 Å². The molecule has 3 heteroatoms. The highest BCUT2D eigenvalue weighted by Crippen LogP contribution is 2.36. The van der Waals surface area contributed by atoms with E-state index in [1.165, 1.54) is 50.5 Å². The van der Waals surface area contributed by atoms with Crippen LogP contribution in [0.25, 0.3) is 0 Å². The molecule has 0 spiro atoms.